The number of nitrogens with one attached hydrogen (secondary N) is 1. The van der Waals surface area contributed by atoms with Gasteiger partial charge in [0.15, 0.2) is 0 Å². The third-order valence-corrected chi connectivity index (χ3v) is 5.42. The third-order valence-electron chi connectivity index (χ3n) is 5.17. The Morgan fingerprint density at radius 2 is 1.77 bits per heavy atom. The first-order valence-electron chi connectivity index (χ1n) is 10.4. The molecule has 164 valence electrons. The number of hydrogen-bond donors (Lipinski definition) is 1. The predicted molar refractivity (Wildman–Crippen MR) is 121 cm³/mol. The fraction of sp³-hybridized carbons (Fsp3) is 0.333. The Morgan fingerprint density at radius 1 is 1.10 bits per heavy atom. The molecule has 6 nitrogen and oxygen atoms in total. The molecule has 0 aliphatic carbocycles. The number of esters is 1. The fourth-order valence-electron chi connectivity index (χ4n) is 3.76. The van der Waals surface area contributed by atoms with E-state index in [-0.39, 0.29) is 24.0 Å². The van der Waals surface area contributed by atoms with Gasteiger partial charge in [0.1, 0.15) is 11.3 Å². The molecule has 1 aliphatic heterocycles. The molecule has 1 aliphatic rings. The largest absolute Gasteiger partial charge is 0.462 e. The van der Waals surface area contributed by atoms with E-state index in [4.69, 9.17) is 21.1 Å². The minimum absolute atomic E-state index is 0.0927. The van der Waals surface area contributed by atoms with Crippen LogP contribution in [0.15, 0.2) is 53.9 Å². The molecule has 0 saturated carbocycles. The highest BCUT2D eigenvalue weighted by molar-refractivity contribution is 6.30. The van der Waals surface area contributed by atoms with E-state index in [1.54, 1.807) is 19.1 Å². The molecule has 0 aromatic heterocycles. The van der Waals surface area contributed by atoms with Crippen molar-refractivity contribution >= 4 is 29.2 Å². The Morgan fingerprint density at radius 3 is 2.35 bits per heavy atom. The first-order valence-corrected chi connectivity index (χ1v) is 10.8. The van der Waals surface area contributed by atoms with E-state index >= 15 is 0 Å². The summed E-state index contributed by atoms with van der Waals surface area (Å²) in [7, 11) is 0. The molecule has 1 unspecified atom stereocenters. The van der Waals surface area contributed by atoms with E-state index in [0.717, 1.165) is 29.9 Å². The van der Waals surface area contributed by atoms with Crippen LogP contribution in [0.1, 0.15) is 44.7 Å². The summed E-state index contributed by atoms with van der Waals surface area (Å²) in [6, 6.07) is 13.2. The lowest BCUT2D eigenvalue weighted by Gasteiger charge is -2.31. The Bertz CT molecular complexity index is 997. The van der Waals surface area contributed by atoms with Crippen LogP contribution >= 0.6 is 11.6 Å². The Hall–Kier alpha value is -2.99. The number of carbonyl (C=O) groups excluding carboxylic acids is 2. The van der Waals surface area contributed by atoms with Gasteiger partial charge in [0.05, 0.1) is 12.5 Å². The van der Waals surface area contributed by atoms with Crippen LogP contribution in [0.2, 0.25) is 5.02 Å². The van der Waals surface area contributed by atoms with Crippen molar-refractivity contribution in [1.29, 1.82) is 0 Å². The lowest BCUT2D eigenvalue weighted by molar-refractivity contribution is -0.139. The van der Waals surface area contributed by atoms with Crippen LogP contribution < -0.4 is 15.0 Å². The van der Waals surface area contributed by atoms with Crippen molar-refractivity contribution in [2.24, 2.45) is 0 Å². The zero-order chi connectivity index (χ0) is 22.5. The molecule has 1 amide bonds. The van der Waals surface area contributed by atoms with Gasteiger partial charge in [-0.25, -0.2) is 4.79 Å². The summed E-state index contributed by atoms with van der Waals surface area (Å²) < 4.78 is 11.4. The second-order valence-electron chi connectivity index (χ2n) is 7.13. The van der Waals surface area contributed by atoms with E-state index in [2.05, 4.69) is 24.1 Å². The lowest BCUT2D eigenvalue weighted by atomic mass is 9.82. The first kappa shape index (κ1) is 22.7. The summed E-state index contributed by atoms with van der Waals surface area (Å²) in [6.07, 6.45) is 0. The van der Waals surface area contributed by atoms with Gasteiger partial charge >= 0.3 is 5.97 Å². The van der Waals surface area contributed by atoms with Crippen molar-refractivity contribution < 1.29 is 19.1 Å². The highest BCUT2D eigenvalue weighted by atomic mass is 35.5. The Labute approximate surface area is 187 Å². The average Bonchev–Trinajstić information content (AvgIpc) is 2.74. The molecular formula is C24H27ClN2O4. The summed E-state index contributed by atoms with van der Waals surface area (Å²) >= 11 is 6.09. The molecule has 1 atom stereocenters. The number of benzene rings is 2. The summed E-state index contributed by atoms with van der Waals surface area (Å²) in [5.41, 5.74) is 2.91. The van der Waals surface area contributed by atoms with Gasteiger partial charge in [-0.15, -0.1) is 0 Å². The maximum atomic E-state index is 13.0. The maximum Gasteiger partial charge on any atom is 0.340 e. The van der Waals surface area contributed by atoms with Crippen LogP contribution in [0.3, 0.4) is 0 Å². The minimum Gasteiger partial charge on any atom is -0.462 e. The van der Waals surface area contributed by atoms with Crippen molar-refractivity contribution in [3.8, 4) is 5.75 Å². The molecule has 7 heteroatoms. The first-order chi connectivity index (χ1) is 14.9. The highest BCUT2D eigenvalue weighted by Gasteiger charge is 2.37. The smallest absolute Gasteiger partial charge is 0.340 e. The topological polar surface area (TPSA) is 67.9 Å². The number of halogens is 1. The van der Waals surface area contributed by atoms with Crippen LogP contribution in [0.25, 0.3) is 0 Å². The third kappa shape index (κ3) is 4.85. The number of rotatable bonds is 7. The molecule has 1 N–H and O–H groups in total. The Kier molecular flexibility index (Phi) is 7.23. The van der Waals surface area contributed by atoms with Crippen LogP contribution in [0, 0.1) is 0 Å². The number of fused-ring (bicyclic) bond motifs is 1. The highest BCUT2D eigenvalue weighted by Crippen LogP contribution is 2.44. The molecule has 1 heterocycles. The quantitative estimate of drug-likeness (QED) is 0.633. The van der Waals surface area contributed by atoms with Gasteiger partial charge in [0, 0.05) is 42.4 Å². The molecule has 0 saturated heterocycles. The normalized spacial score (nSPS) is 15.1. The number of amides is 1. The molecule has 0 fully saturated rings. The van der Waals surface area contributed by atoms with Crippen LogP contribution in [0.5, 0.6) is 5.75 Å². The predicted octanol–water partition coefficient (Wildman–Crippen LogP) is 4.62. The van der Waals surface area contributed by atoms with E-state index in [1.165, 1.54) is 6.92 Å². The van der Waals surface area contributed by atoms with Crippen molar-refractivity contribution in [2.45, 2.75) is 33.6 Å². The van der Waals surface area contributed by atoms with Crippen LogP contribution in [-0.2, 0) is 14.3 Å². The molecular weight excluding hydrogens is 416 g/mol. The van der Waals surface area contributed by atoms with Gasteiger partial charge in [-0.2, -0.15) is 0 Å². The van der Waals surface area contributed by atoms with Gasteiger partial charge in [-0.05, 0) is 44.5 Å². The molecule has 2 aromatic carbocycles. The Balaban J connectivity index is 2.22. The minimum atomic E-state index is -0.537. The number of carbonyl (C=O) groups is 2. The van der Waals surface area contributed by atoms with Crippen LogP contribution in [0.4, 0.5) is 5.69 Å². The number of anilines is 1. The molecule has 0 radical (unpaired) electrons. The second kappa shape index (κ2) is 9.88. The average molecular weight is 443 g/mol. The molecule has 0 spiro atoms. The monoisotopic (exact) mass is 442 g/mol. The standard InChI is InChI=1S/C24H27ClN2O4/c1-5-27(6-2)18-12-13-19-20(14-18)31-23(26-15(4)28)22(24(29)30-7-3)21(19)16-8-10-17(25)11-9-16/h8-14,21H,5-7H2,1-4H3,(H,26,28). The summed E-state index contributed by atoms with van der Waals surface area (Å²) in [5, 5.41) is 3.27. The SMILES string of the molecule is CCOC(=O)C1=C(NC(C)=O)Oc2cc(N(CC)CC)ccc2C1c1ccc(Cl)cc1. The molecule has 2 aromatic rings. The fourth-order valence-corrected chi connectivity index (χ4v) is 3.89. The van der Waals surface area contributed by atoms with Gasteiger partial charge in [-0.3, -0.25) is 10.1 Å². The van der Waals surface area contributed by atoms with E-state index in [0.29, 0.717) is 10.8 Å². The number of hydrogen-bond acceptors (Lipinski definition) is 5. The van der Waals surface area contributed by atoms with E-state index < -0.39 is 11.9 Å². The van der Waals surface area contributed by atoms with E-state index in [1.807, 2.05) is 30.3 Å². The van der Waals surface area contributed by atoms with Gasteiger partial charge in [-0.1, -0.05) is 29.8 Å². The van der Waals surface area contributed by atoms with E-state index in [9.17, 15) is 9.59 Å². The van der Waals surface area contributed by atoms with Crippen molar-refractivity contribution in [3.05, 3.63) is 70.1 Å². The zero-order valence-electron chi connectivity index (χ0n) is 18.2. The molecule has 31 heavy (non-hydrogen) atoms. The van der Waals surface area contributed by atoms with Gasteiger partial charge in [0.25, 0.3) is 0 Å². The van der Waals surface area contributed by atoms with Crippen molar-refractivity contribution in [1.82, 2.24) is 5.32 Å². The number of ether oxygens (including phenoxy) is 2. The van der Waals surface area contributed by atoms with Gasteiger partial charge in [0.2, 0.25) is 11.8 Å². The molecule has 3 rings (SSSR count). The summed E-state index contributed by atoms with van der Waals surface area (Å²) in [4.78, 5) is 27.1. The maximum absolute atomic E-state index is 13.0. The summed E-state index contributed by atoms with van der Waals surface area (Å²) in [5.74, 6) is -0.677. The second-order valence-corrected chi connectivity index (χ2v) is 7.56. The lowest BCUT2D eigenvalue weighted by Crippen LogP contribution is -2.33. The van der Waals surface area contributed by atoms with Crippen molar-refractivity contribution in [2.75, 3.05) is 24.6 Å². The van der Waals surface area contributed by atoms with Crippen LogP contribution in [-0.4, -0.2) is 31.6 Å². The van der Waals surface area contributed by atoms with Crippen molar-refractivity contribution in [3.63, 3.8) is 0 Å². The summed E-state index contributed by atoms with van der Waals surface area (Å²) in [6.45, 7) is 9.18. The molecule has 0 bridgehead atoms. The zero-order valence-corrected chi connectivity index (χ0v) is 19.0. The van der Waals surface area contributed by atoms with Gasteiger partial charge < -0.3 is 14.4 Å². The number of nitrogens with zero attached hydrogens (tertiary/aromatic N) is 1.